The standard InChI is InChI=1S/C14H15N3O4/c18-8-9-1-3-16(4-2-9)12-7-11-10(6-14(19)15-11)5-13(12)17(20)21/h5,7-9H,1-4,6H2,(H,15,19). The average molecular weight is 289 g/mol. The number of hydrogen-bond donors (Lipinski definition) is 1. The molecular formula is C14H15N3O4. The van der Waals surface area contributed by atoms with Gasteiger partial charge in [-0.15, -0.1) is 0 Å². The Kier molecular flexibility index (Phi) is 3.32. The molecule has 1 saturated heterocycles. The van der Waals surface area contributed by atoms with Gasteiger partial charge in [-0.1, -0.05) is 0 Å². The minimum atomic E-state index is -0.412. The van der Waals surface area contributed by atoms with Crippen LogP contribution in [0.15, 0.2) is 12.1 Å². The molecule has 0 spiro atoms. The number of anilines is 2. The number of benzene rings is 1. The Balaban J connectivity index is 1.94. The fraction of sp³-hybridized carbons (Fsp3) is 0.429. The van der Waals surface area contributed by atoms with E-state index in [0.717, 1.165) is 6.29 Å². The zero-order chi connectivity index (χ0) is 15.0. The highest BCUT2D eigenvalue weighted by molar-refractivity contribution is 6.00. The lowest BCUT2D eigenvalue weighted by atomic mass is 9.97. The number of fused-ring (bicyclic) bond motifs is 1. The Labute approximate surface area is 121 Å². The molecule has 2 aliphatic heterocycles. The summed E-state index contributed by atoms with van der Waals surface area (Å²) in [4.78, 5) is 35.0. The number of carbonyl (C=O) groups excluding carboxylic acids is 2. The molecule has 0 radical (unpaired) electrons. The molecule has 1 aromatic carbocycles. The van der Waals surface area contributed by atoms with Gasteiger partial charge in [0.2, 0.25) is 5.91 Å². The summed E-state index contributed by atoms with van der Waals surface area (Å²) in [5.41, 5.74) is 1.86. The molecule has 7 nitrogen and oxygen atoms in total. The highest BCUT2D eigenvalue weighted by Gasteiger charge is 2.29. The second kappa shape index (κ2) is 5.16. The Morgan fingerprint density at radius 1 is 1.33 bits per heavy atom. The molecule has 1 aromatic rings. The van der Waals surface area contributed by atoms with Crippen LogP contribution in [0.5, 0.6) is 0 Å². The number of nitro benzene ring substituents is 1. The minimum Gasteiger partial charge on any atom is -0.366 e. The monoisotopic (exact) mass is 289 g/mol. The van der Waals surface area contributed by atoms with Crippen LogP contribution in [-0.2, 0) is 16.0 Å². The molecular weight excluding hydrogens is 274 g/mol. The van der Waals surface area contributed by atoms with Crippen LogP contribution < -0.4 is 10.2 Å². The van der Waals surface area contributed by atoms with Crippen LogP contribution in [-0.4, -0.2) is 30.2 Å². The van der Waals surface area contributed by atoms with E-state index in [9.17, 15) is 19.7 Å². The molecule has 1 amide bonds. The van der Waals surface area contributed by atoms with E-state index >= 15 is 0 Å². The number of nitrogens with zero attached hydrogens (tertiary/aromatic N) is 2. The minimum absolute atomic E-state index is 0.0230. The number of carbonyl (C=O) groups is 2. The van der Waals surface area contributed by atoms with Crippen molar-refractivity contribution < 1.29 is 14.5 Å². The third-order valence-corrected chi connectivity index (χ3v) is 4.09. The molecule has 2 aliphatic rings. The van der Waals surface area contributed by atoms with E-state index in [2.05, 4.69) is 5.32 Å². The van der Waals surface area contributed by atoms with Gasteiger partial charge in [-0.05, 0) is 24.5 Å². The summed E-state index contributed by atoms with van der Waals surface area (Å²) in [6.45, 7) is 1.22. The normalized spacial score (nSPS) is 18.3. The fourth-order valence-corrected chi connectivity index (χ4v) is 2.93. The highest BCUT2D eigenvalue weighted by Crippen LogP contribution is 2.38. The number of amides is 1. The van der Waals surface area contributed by atoms with E-state index in [1.54, 1.807) is 6.07 Å². The lowest BCUT2D eigenvalue weighted by Crippen LogP contribution is -2.34. The summed E-state index contributed by atoms with van der Waals surface area (Å²) in [6, 6.07) is 3.16. The second-order valence-electron chi connectivity index (χ2n) is 5.44. The summed E-state index contributed by atoms with van der Waals surface area (Å²) in [5, 5.41) is 14.0. The SMILES string of the molecule is O=CC1CCN(c2cc3c(cc2[N+](=O)[O-])CC(=O)N3)CC1. The van der Waals surface area contributed by atoms with Crippen molar-refractivity contribution >= 4 is 29.3 Å². The van der Waals surface area contributed by atoms with E-state index in [1.807, 2.05) is 4.90 Å². The first-order valence-electron chi connectivity index (χ1n) is 6.90. The van der Waals surface area contributed by atoms with Gasteiger partial charge in [0, 0.05) is 30.8 Å². The van der Waals surface area contributed by atoms with E-state index in [0.29, 0.717) is 42.9 Å². The van der Waals surface area contributed by atoms with Gasteiger partial charge in [-0.3, -0.25) is 14.9 Å². The maximum Gasteiger partial charge on any atom is 0.292 e. The molecule has 0 atom stereocenters. The van der Waals surface area contributed by atoms with E-state index in [1.165, 1.54) is 6.07 Å². The van der Waals surface area contributed by atoms with Crippen molar-refractivity contribution in [1.82, 2.24) is 0 Å². The molecule has 110 valence electrons. The third-order valence-electron chi connectivity index (χ3n) is 4.09. The number of nitro groups is 1. The molecule has 1 N–H and O–H groups in total. The Morgan fingerprint density at radius 3 is 2.67 bits per heavy atom. The van der Waals surface area contributed by atoms with Crippen molar-refractivity contribution in [3.05, 3.63) is 27.8 Å². The van der Waals surface area contributed by atoms with Crippen molar-refractivity contribution in [3.63, 3.8) is 0 Å². The molecule has 0 bridgehead atoms. The van der Waals surface area contributed by atoms with Gasteiger partial charge in [0.25, 0.3) is 5.69 Å². The zero-order valence-electron chi connectivity index (χ0n) is 11.4. The molecule has 21 heavy (non-hydrogen) atoms. The van der Waals surface area contributed by atoms with Crippen molar-refractivity contribution in [2.24, 2.45) is 5.92 Å². The number of hydrogen-bond acceptors (Lipinski definition) is 5. The van der Waals surface area contributed by atoms with Gasteiger partial charge in [-0.25, -0.2) is 0 Å². The first kappa shape index (κ1) is 13.5. The average Bonchev–Trinajstić information content (AvgIpc) is 2.85. The Hall–Kier alpha value is -2.44. The molecule has 1 fully saturated rings. The predicted molar refractivity (Wildman–Crippen MR) is 76.4 cm³/mol. The zero-order valence-corrected chi connectivity index (χ0v) is 11.4. The van der Waals surface area contributed by atoms with Gasteiger partial charge < -0.3 is 15.0 Å². The second-order valence-corrected chi connectivity index (χ2v) is 5.44. The molecule has 3 rings (SSSR count). The molecule has 0 unspecified atom stereocenters. The number of nitrogens with one attached hydrogen (secondary N) is 1. The van der Waals surface area contributed by atoms with E-state index in [-0.39, 0.29) is 23.9 Å². The van der Waals surface area contributed by atoms with Crippen LogP contribution in [0.1, 0.15) is 18.4 Å². The van der Waals surface area contributed by atoms with Crippen LogP contribution in [0, 0.1) is 16.0 Å². The molecule has 7 heteroatoms. The lowest BCUT2D eigenvalue weighted by Gasteiger charge is -2.31. The van der Waals surface area contributed by atoms with E-state index in [4.69, 9.17) is 0 Å². The molecule has 0 aromatic heterocycles. The lowest BCUT2D eigenvalue weighted by molar-refractivity contribution is -0.384. The summed E-state index contributed by atoms with van der Waals surface area (Å²) in [6.07, 6.45) is 2.53. The van der Waals surface area contributed by atoms with Crippen molar-refractivity contribution in [2.75, 3.05) is 23.3 Å². The highest BCUT2D eigenvalue weighted by atomic mass is 16.6. The van der Waals surface area contributed by atoms with Gasteiger partial charge in [-0.2, -0.15) is 0 Å². The topological polar surface area (TPSA) is 92.6 Å². The molecule has 0 aliphatic carbocycles. The van der Waals surface area contributed by atoms with Crippen molar-refractivity contribution in [1.29, 1.82) is 0 Å². The Bertz CT molecular complexity index is 621. The van der Waals surface area contributed by atoms with Crippen LogP contribution >= 0.6 is 0 Å². The van der Waals surface area contributed by atoms with Crippen LogP contribution in [0.3, 0.4) is 0 Å². The fourth-order valence-electron chi connectivity index (χ4n) is 2.93. The van der Waals surface area contributed by atoms with Gasteiger partial charge in [0.15, 0.2) is 0 Å². The molecule has 2 heterocycles. The van der Waals surface area contributed by atoms with E-state index < -0.39 is 4.92 Å². The first-order chi connectivity index (χ1) is 10.1. The van der Waals surface area contributed by atoms with Crippen molar-refractivity contribution in [3.8, 4) is 0 Å². The smallest absolute Gasteiger partial charge is 0.292 e. The largest absolute Gasteiger partial charge is 0.366 e. The maximum atomic E-state index is 11.4. The summed E-state index contributed by atoms with van der Waals surface area (Å²) in [5.74, 6) is -0.106. The predicted octanol–water partition coefficient (Wildman–Crippen LogP) is 1.50. The van der Waals surface area contributed by atoms with Crippen LogP contribution in [0.2, 0.25) is 0 Å². The summed E-state index contributed by atoms with van der Waals surface area (Å²) in [7, 11) is 0. The van der Waals surface area contributed by atoms with Crippen molar-refractivity contribution in [2.45, 2.75) is 19.3 Å². The van der Waals surface area contributed by atoms with Crippen LogP contribution in [0.4, 0.5) is 17.1 Å². The summed E-state index contributed by atoms with van der Waals surface area (Å²) >= 11 is 0. The number of rotatable bonds is 3. The van der Waals surface area contributed by atoms with Gasteiger partial charge in [0.05, 0.1) is 11.3 Å². The maximum absolute atomic E-state index is 11.4. The summed E-state index contributed by atoms with van der Waals surface area (Å²) < 4.78 is 0. The Morgan fingerprint density at radius 2 is 2.05 bits per heavy atom. The number of aldehydes is 1. The van der Waals surface area contributed by atoms with Gasteiger partial charge >= 0.3 is 0 Å². The quantitative estimate of drug-likeness (QED) is 0.517. The third kappa shape index (κ3) is 2.46. The van der Waals surface area contributed by atoms with Gasteiger partial charge in [0.1, 0.15) is 12.0 Å². The van der Waals surface area contributed by atoms with Crippen LogP contribution in [0.25, 0.3) is 0 Å². The number of piperidine rings is 1. The first-order valence-corrected chi connectivity index (χ1v) is 6.90. The molecule has 0 saturated carbocycles.